The van der Waals surface area contributed by atoms with Crippen molar-refractivity contribution in [2.45, 2.75) is 25.7 Å². The molecular weight excluding hydrogens is 292 g/mol. The van der Waals surface area contributed by atoms with Crippen molar-refractivity contribution in [2.24, 2.45) is 0 Å². The van der Waals surface area contributed by atoms with Gasteiger partial charge in [-0.05, 0) is 37.0 Å². The van der Waals surface area contributed by atoms with Crippen LogP contribution in [-0.2, 0) is 26.0 Å². The van der Waals surface area contributed by atoms with Crippen molar-refractivity contribution in [1.82, 2.24) is 0 Å². The molecule has 2 rings (SSSR count). The fourth-order valence-electron chi connectivity index (χ4n) is 2.46. The molecule has 2 N–H and O–H groups in total. The first-order valence-corrected chi connectivity index (χ1v) is 8.50. The topological polar surface area (TPSA) is 89.7 Å². The van der Waals surface area contributed by atoms with E-state index in [0.717, 1.165) is 18.4 Å². The Morgan fingerprint density at radius 2 is 2.19 bits per heavy atom. The summed E-state index contributed by atoms with van der Waals surface area (Å²) >= 11 is 0. The molecule has 6 nitrogen and oxygen atoms in total. The highest BCUT2D eigenvalue weighted by Gasteiger charge is 2.27. The first-order valence-electron chi connectivity index (χ1n) is 6.89. The number of nitrogens with zero attached hydrogens (tertiary/aromatic N) is 1. The summed E-state index contributed by atoms with van der Waals surface area (Å²) in [6.45, 7) is 0.455. The number of esters is 1. The summed E-state index contributed by atoms with van der Waals surface area (Å²) in [5, 5.41) is 0. The van der Waals surface area contributed by atoms with E-state index in [9.17, 15) is 13.2 Å². The van der Waals surface area contributed by atoms with Crippen LogP contribution in [0.4, 0.5) is 11.4 Å². The van der Waals surface area contributed by atoms with E-state index < -0.39 is 16.0 Å². The highest BCUT2D eigenvalue weighted by Crippen LogP contribution is 2.31. The lowest BCUT2D eigenvalue weighted by Gasteiger charge is -2.30. The van der Waals surface area contributed by atoms with Gasteiger partial charge in [0.1, 0.15) is 0 Å². The van der Waals surface area contributed by atoms with Gasteiger partial charge in [-0.1, -0.05) is 6.07 Å². The maximum absolute atomic E-state index is 12.5. The van der Waals surface area contributed by atoms with Gasteiger partial charge in [-0.2, -0.15) is 0 Å². The molecular formula is C14H20N2O4S. The number of methoxy groups -OCH3 is 1. The number of hydrogen-bond donors (Lipinski definition) is 1. The maximum Gasteiger partial charge on any atom is 0.305 e. The Bertz CT molecular complexity index is 628. The number of sulfonamides is 1. The molecule has 1 heterocycles. The summed E-state index contributed by atoms with van der Waals surface area (Å²) in [7, 11) is -2.16. The Morgan fingerprint density at radius 1 is 1.43 bits per heavy atom. The number of anilines is 2. The summed E-state index contributed by atoms with van der Waals surface area (Å²) in [5.41, 5.74) is 7.97. The zero-order chi connectivity index (χ0) is 15.5. The molecule has 1 aliphatic heterocycles. The Labute approximate surface area is 124 Å². The van der Waals surface area contributed by atoms with Crippen molar-refractivity contribution in [3.05, 3.63) is 23.8 Å². The van der Waals surface area contributed by atoms with Gasteiger partial charge in [-0.25, -0.2) is 8.42 Å². The van der Waals surface area contributed by atoms with Crippen LogP contribution in [0.2, 0.25) is 0 Å². The number of benzene rings is 1. The number of carbonyl (C=O) groups is 1. The van der Waals surface area contributed by atoms with Crippen LogP contribution in [0.3, 0.4) is 0 Å². The van der Waals surface area contributed by atoms with E-state index in [1.165, 1.54) is 11.4 Å². The minimum absolute atomic E-state index is 0.0731. The van der Waals surface area contributed by atoms with Crippen LogP contribution in [0.1, 0.15) is 24.8 Å². The maximum atomic E-state index is 12.5. The molecule has 0 saturated carbocycles. The molecule has 1 aromatic carbocycles. The van der Waals surface area contributed by atoms with Gasteiger partial charge < -0.3 is 10.5 Å². The lowest BCUT2D eigenvalue weighted by Crippen LogP contribution is -2.37. The number of rotatable bonds is 5. The summed E-state index contributed by atoms with van der Waals surface area (Å²) < 4.78 is 30.9. The predicted octanol–water partition coefficient (Wildman–Crippen LogP) is 1.30. The molecule has 0 atom stereocenters. The van der Waals surface area contributed by atoms with E-state index in [1.54, 1.807) is 12.1 Å². The van der Waals surface area contributed by atoms with Gasteiger partial charge in [-0.15, -0.1) is 0 Å². The SMILES string of the molecule is COC(=O)CCCS(=O)(=O)N1CCCc2ccc(N)cc21. The summed E-state index contributed by atoms with van der Waals surface area (Å²) in [5.74, 6) is -0.468. The molecule has 1 aliphatic rings. The largest absolute Gasteiger partial charge is 0.469 e. The van der Waals surface area contributed by atoms with Gasteiger partial charge in [0.15, 0.2) is 0 Å². The van der Waals surface area contributed by atoms with E-state index in [4.69, 9.17) is 5.73 Å². The zero-order valence-corrected chi connectivity index (χ0v) is 12.9. The second-order valence-electron chi connectivity index (χ2n) is 5.06. The first kappa shape index (κ1) is 15.6. The van der Waals surface area contributed by atoms with E-state index in [2.05, 4.69) is 4.74 Å². The Balaban J connectivity index is 2.14. The standard InChI is InChI=1S/C14H20N2O4S/c1-20-14(17)5-3-9-21(18,19)16-8-2-4-11-6-7-12(15)10-13(11)16/h6-7,10H,2-5,8-9,15H2,1H3. The molecule has 0 aromatic heterocycles. The second kappa shape index (κ2) is 6.34. The summed E-state index contributed by atoms with van der Waals surface area (Å²) in [6.07, 6.45) is 1.99. The molecule has 0 saturated heterocycles. The number of nitrogen functional groups attached to an aromatic ring is 1. The highest BCUT2D eigenvalue weighted by molar-refractivity contribution is 7.92. The molecule has 0 aliphatic carbocycles. The Hall–Kier alpha value is -1.76. The van der Waals surface area contributed by atoms with Gasteiger partial charge in [0.05, 0.1) is 18.6 Å². The second-order valence-corrected chi connectivity index (χ2v) is 7.07. The molecule has 0 fully saturated rings. The van der Waals surface area contributed by atoms with Crippen LogP contribution in [-0.4, -0.2) is 33.8 Å². The number of carbonyl (C=O) groups excluding carboxylic acids is 1. The quantitative estimate of drug-likeness (QED) is 0.654. The average molecular weight is 312 g/mol. The van der Waals surface area contributed by atoms with Crippen LogP contribution >= 0.6 is 0 Å². The minimum Gasteiger partial charge on any atom is -0.469 e. The van der Waals surface area contributed by atoms with Crippen LogP contribution < -0.4 is 10.0 Å². The lowest BCUT2D eigenvalue weighted by molar-refractivity contribution is -0.140. The van der Waals surface area contributed by atoms with Crippen LogP contribution in [0.15, 0.2) is 18.2 Å². The van der Waals surface area contributed by atoms with E-state index in [-0.39, 0.29) is 18.6 Å². The van der Waals surface area contributed by atoms with Crippen molar-refractivity contribution in [3.8, 4) is 0 Å². The molecule has 21 heavy (non-hydrogen) atoms. The Morgan fingerprint density at radius 3 is 2.90 bits per heavy atom. The third-order valence-corrected chi connectivity index (χ3v) is 5.39. The van der Waals surface area contributed by atoms with E-state index >= 15 is 0 Å². The first-order chi connectivity index (χ1) is 9.94. The fourth-order valence-corrected chi connectivity index (χ4v) is 4.06. The average Bonchev–Trinajstić information content (AvgIpc) is 2.46. The van der Waals surface area contributed by atoms with Gasteiger partial charge in [0.25, 0.3) is 0 Å². The van der Waals surface area contributed by atoms with Crippen LogP contribution in [0.5, 0.6) is 0 Å². The van der Waals surface area contributed by atoms with Crippen LogP contribution in [0, 0.1) is 0 Å². The number of aryl methyl sites for hydroxylation is 1. The molecule has 0 amide bonds. The van der Waals surface area contributed by atoms with Crippen molar-refractivity contribution in [1.29, 1.82) is 0 Å². The molecule has 116 valence electrons. The molecule has 7 heteroatoms. The smallest absolute Gasteiger partial charge is 0.305 e. The summed E-state index contributed by atoms with van der Waals surface area (Å²) in [4.78, 5) is 11.1. The van der Waals surface area contributed by atoms with Gasteiger partial charge >= 0.3 is 5.97 Å². The highest BCUT2D eigenvalue weighted by atomic mass is 32.2. The summed E-state index contributed by atoms with van der Waals surface area (Å²) in [6, 6.07) is 5.36. The third kappa shape index (κ3) is 3.66. The van der Waals surface area contributed by atoms with Crippen LogP contribution in [0.25, 0.3) is 0 Å². The number of nitrogens with two attached hydrogens (primary N) is 1. The molecule has 0 unspecified atom stereocenters. The molecule has 0 spiro atoms. The van der Waals surface area contributed by atoms with Crippen molar-refractivity contribution >= 4 is 27.4 Å². The van der Waals surface area contributed by atoms with E-state index in [0.29, 0.717) is 17.9 Å². The molecule has 0 radical (unpaired) electrons. The van der Waals surface area contributed by atoms with Gasteiger partial charge in [0, 0.05) is 18.7 Å². The molecule has 1 aromatic rings. The normalized spacial score (nSPS) is 14.6. The zero-order valence-electron chi connectivity index (χ0n) is 12.0. The fraction of sp³-hybridized carbons (Fsp3) is 0.500. The predicted molar refractivity (Wildman–Crippen MR) is 81.6 cm³/mol. The minimum atomic E-state index is -3.45. The number of ether oxygens (including phenoxy) is 1. The van der Waals surface area contributed by atoms with Gasteiger partial charge in [0.2, 0.25) is 10.0 Å². The van der Waals surface area contributed by atoms with Crippen molar-refractivity contribution in [3.63, 3.8) is 0 Å². The van der Waals surface area contributed by atoms with Crippen molar-refractivity contribution < 1.29 is 17.9 Å². The van der Waals surface area contributed by atoms with Gasteiger partial charge in [-0.3, -0.25) is 9.10 Å². The number of hydrogen-bond acceptors (Lipinski definition) is 5. The molecule has 0 bridgehead atoms. The number of fused-ring (bicyclic) bond motifs is 1. The Kier molecular flexibility index (Phi) is 4.72. The monoisotopic (exact) mass is 312 g/mol. The third-order valence-electron chi connectivity index (χ3n) is 3.53. The van der Waals surface area contributed by atoms with Crippen molar-refractivity contribution in [2.75, 3.05) is 29.4 Å². The lowest BCUT2D eigenvalue weighted by atomic mass is 10.0. The van der Waals surface area contributed by atoms with E-state index in [1.807, 2.05) is 6.07 Å².